The molecule has 0 rings (SSSR count). The topological polar surface area (TPSA) is 46.2 Å². The molecule has 0 atom stereocenters. The fourth-order valence-corrected chi connectivity index (χ4v) is 0. The predicted octanol–water partition coefficient (Wildman–Crippen LogP) is -3.72. The summed E-state index contributed by atoms with van der Waals surface area (Å²) in [7, 11) is -1.54. The molecule has 0 unspecified atom stereocenters. The Labute approximate surface area is 67.3 Å². The first kappa shape index (κ1) is 10.8. The molecule has 0 bridgehead atoms. The molecule has 0 aliphatic carbocycles. The normalized spacial score (nSPS) is 10.0. The standard InChI is InChI=1S/C2H7NO2S.Na.H/c1-3-6(2,4)5;;/h3H,1-2H3;;/q;+1;-1. The molecule has 5 heteroatoms. The molecule has 0 aliphatic heterocycles. The Hall–Kier alpha value is 0.910. The zero-order chi connectivity index (χ0) is 5.21. The minimum atomic E-state index is -2.91. The summed E-state index contributed by atoms with van der Waals surface area (Å²) in [6.45, 7) is 0. The van der Waals surface area contributed by atoms with Gasteiger partial charge in [-0.15, -0.1) is 0 Å². The van der Waals surface area contributed by atoms with Crippen molar-refractivity contribution in [2.24, 2.45) is 0 Å². The smallest absolute Gasteiger partial charge is 1.00 e. The van der Waals surface area contributed by atoms with Gasteiger partial charge in [0, 0.05) is 0 Å². The predicted molar refractivity (Wildman–Crippen MR) is 25.0 cm³/mol. The number of hydrogen-bond donors (Lipinski definition) is 1. The molecule has 0 radical (unpaired) electrons. The van der Waals surface area contributed by atoms with Crippen molar-refractivity contribution < 1.29 is 39.4 Å². The van der Waals surface area contributed by atoms with Crippen LogP contribution in [0, 0.1) is 0 Å². The van der Waals surface area contributed by atoms with Gasteiger partial charge < -0.3 is 1.43 Å². The number of nitrogens with one attached hydrogen (secondary N) is 1. The maximum Gasteiger partial charge on any atom is 1.00 e. The van der Waals surface area contributed by atoms with Gasteiger partial charge in [-0.05, 0) is 7.05 Å². The van der Waals surface area contributed by atoms with Crippen molar-refractivity contribution in [3.8, 4) is 0 Å². The Morgan fingerprint density at radius 2 is 1.71 bits per heavy atom. The van der Waals surface area contributed by atoms with E-state index in [1.54, 1.807) is 0 Å². The number of rotatable bonds is 1. The van der Waals surface area contributed by atoms with Crippen LogP contribution in [0.15, 0.2) is 0 Å². The first-order chi connectivity index (χ1) is 2.56. The Morgan fingerprint density at radius 3 is 1.71 bits per heavy atom. The van der Waals surface area contributed by atoms with Gasteiger partial charge in [-0.1, -0.05) is 0 Å². The van der Waals surface area contributed by atoms with Crippen LogP contribution in [0.5, 0.6) is 0 Å². The summed E-state index contributed by atoms with van der Waals surface area (Å²) in [5, 5.41) is 0. The van der Waals surface area contributed by atoms with Gasteiger partial charge >= 0.3 is 29.6 Å². The van der Waals surface area contributed by atoms with Gasteiger partial charge in [-0.25, -0.2) is 13.1 Å². The van der Waals surface area contributed by atoms with Crippen LogP contribution >= 0.6 is 0 Å². The number of hydrogen-bond acceptors (Lipinski definition) is 2. The molecule has 0 saturated heterocycles. The summed E-state index contributed by atoms with van der Waals surface area (Å²) in [6.07, 6.45) is 1.10. The van der Waals surface area contributed by atoms with Gasteiger partial charge in [0.05, 0.1) is 6.26 Å². The van der Waals surface area contributed by atoms with Gasteiger partial charge in [0.15, 0.2) is 0 Å². The minimum Gasteiger partial charge on any atom is -1.00 e. The van der Waals surface area contributed by atoms with Crippen LogP contribution in [0.1, 0.15) is 1.43 Å². The molecule has 40 valence electrons. The molecule has 0 heterocycles. The molecule has 0 spiro atoms. The van der Waals surface area contributed by atoms with Crippen molar-refractivity contribution in [1.82, 2.24) is 4.72 Å². The molecule has 3 nitrogen and oxygen atoms in total. The Balaban J connectivity index is -0.000000125. The average molecular weight is 133 g/mol. The second-order valence-corrected chi connectivity index (χ2v) is 2.93. The summed E-state index contributed by atoms with van der Waals surface area (Å²) >= 11 is 0. The second-order valence-electron chi connectivity index (χ2n) is 0.976. The maximum absolute atomic E-state index is 9.89. The number of sulfonamides is 1. The van der Waals surface area contributed by atoms with Crippen LogP contribution in [-0.2, 0) is 10.0 Å². The largest absolute Gasteiger partial charge is 1.00 e. The van der Waals surface area contributed by atoms with E-state index in [1.165, 1.54) is 7.05 Å². The Kier molecular flexibility index (Phi) is 5.96. The Bertz CT molecular complexity index is 122. The fourth-order valence-electron chi connectivity index (χ4n) is 0. The molecule has 0 fully saturated rings. The van der Waals surface area contributed by atoms with Crippen molar-refractivity contribution in [1.29, 1.82) is 0 Å². The van der Waals surface area contributed by atoms with Crippen LogP contribution in [0.3, 0.4) is 0 Å². The van der Waals surface area contributed by atoms with Crippen LogP contribution < -0.4 is 34.3 Å². The first-order valence-corrected chi connectivity index (χ1v) is 3.34. The zero-order valence-electron chi connectivity index (χ0n) is 5.72. The van der Waals surface area contributed by atoms with E-state index >= 15 is 0 Å². The van der Waals surface area contributed by atoms with Crippen molar-refractivity contribution in [2.45, 2.75) is 0 Å². The summed E-state index contributed by atoms with van der Waals surface area (Å²) in [6, 6.07) is 0. The van der Waals surface area contributed by atoms with Crippen LogP contribution in [0.4, 0.5) is 0 Å². The van der Waals surface area contributed by atoms with E-state index < -0.39 is 10.0 Å². The molecule has 0 saturated carbocycles. The Morgan fingerprint density at radius 1 is 1.57 bits per heavy atom. The molecule has 0 aromatic carbocycles. The molecule has 0 amide bonds. The molecular weight excluding hydrogens is 125 g/mol. The van der Waals surface area contributed by atoms with E-state index in [0.29, 0.717) is 0 Å². The quantitative estimate of drug-likeness (QED) is 0.374. The molecule has 1 N–H and O–H groups in total. The summed E-state index contributed by atoms with van der Waals surface area (Å²) in [5.41, 5.74) is 0. The van der Waals surface area contributed by atoms with E-state index in [4.69, 9.17) is 0 Å². The molecule has 0 aromatic heterocycles. The first-order valence-electron chi connectivity index (χ1n) is 1.45. The monoisotopic (exact) mass is 133 g/mol. The van der Waals surface area contributed by atoms with Gasteiger partial charge in [0.1, 0.15) is 0 Å². The fraction of sp³-hybridized carbons (Fsp3) is 1.00. The van der Waals surface area contributed by atoms with Crippen LogP contribution in [0.25, 0.3) is 0 Å². The van der Waals surface area contributed by atoms with Crippen molar-refractivity contribution >= 4 is 10.0 Å². The van der Waals surface area contributed by atoms with E-state index in [0.717, 1.165) is 6.26 Å². The summed E-state index contributed by atoms with van der Waals surface area (Å²) in [4.78, 5) is 0. The van der Waals surface area contributed by atoms with Crippen LogP contribution in [0.2, 0.25) is 0 Å². The third-order valence-corrected chi connectivity index (χ3v) is 1.11. The summed E-state index contributed by atoms with van der Waals surface area (Å²) in [5.74, 6) is 0. The van der Waals surface area contributed by atoms with E-state index in [1.807, 2.05) is 0 Å². The molecule has 0 aromatic rings. The van der Waals surface area contributed by atoms with E-state index in [2.05, 4.69) is 4.72 Å². The zero-order valence-corrected chi connectivity index (χ0v) is 7.54. The van der Waals surface area contributed by atoms with Gasteiger partial charge in [0.2, 0.25) is 10.0 Å². The van der Waals surface area contributed by atoms with Crippen molar-refractivity contribution in [3.05, 3.63) is 0 Å². The van der Waals surface area contributed by atoms with Crippen molar-refractivity contribution in [3.63, 3.8) is 0 Å². The van der Waals surface area contributed by atoms with Gasteiger partial charge in [-0.2, -0.15) is 0 Å². The summed E-state index contributed by atoms with van der Waals surface area (Å²) < 4.78 is 21.9. The average Bonchev–Trinajstić information content (AvgIpc) is 1.35. The van der Waals surface area contributed by atoms with E-state index in [9.17, 15) is 8.42 Å². The van der Waals surface area contributed by atoms with Crippen molar-refractivity contribution in [2.75, 3.05) is 13.3 Å². The third-order valence-electron chi connectivity index (χ3n) is 0.371. The minimum absolute atomic E-state index is 0. The second kappa shape index (κ2) is 3.86. The molecular formula is C2H8NNaO2S. The molecule has 0 aliphatic rings. The maximum atomic E-state index is 9.89. The SMILES string of the molecule is CNS(C)(=O)=O.[H-].[Na+]. The van der Waals surface area contributed by atoms with Gasteiger partial charge in [-0.3, -0.25) is 0 Å². The van der Waals surface area contributed by atoms with Crippen LogP contribution in [-0.4, -0.2) is 21.7 Å². The molecule has 7 heavy (non-hydrogen) atoms. The third kappa shape index (κ3) is 10.9. The van der Waals surface area contributed by atoms with E-state index in [-0.39, 0.29) is 31.0 Å². The van der Waals surface area contributed by atoms with Gasteiger partial charge in [0.25, 0.3) is 0 Å².